The van der Waals surface area contributed by atoms with Crippen molar-refractivity contribution in [2.45, 2.75) is 11.1 Å². The standard InChI is InChI=1S/C18H11F3N2S2/c1-24-14-5-2-11(3-6-14)8-12(10-22)17-23-15-9-13(18(19,20)21)4-7-16(15)25-17/h2-9H,1H3. The Balaban J connectivity index is 2.00. The first-order valence-electron chi connectivity index (χ1n) is 7.15. The van der Waals surface area contributed by atoms with Crippen LogP contribution in [-0.2, 0) is 6.18 Å². The van der Waals surface area contributed by atoms with Crippen LogP contribution in [0.25, 0.3) is 21.9 Å². The first kappa shape index (κ1) is 17.5. The van der Waals surface area contributed by atoms with Crippen molar-refractivity contribution in [1.82, 2.24) is 4.98 Å². The van der Waals surface area contributed by atoms with Crippen LogP contribution < -0.4 is 0 Å². The van der Waals surface area contributed by atoms with Crippen LogP contribution in [0, 0.1) is 11.3 Å². The molecule has 0 saturated heterocycles. The molecule has 0 aliphatic heterocycles. The molecule has 2 aromatic carbocycles. The van der Waals surface area contributed by atoms with Gasteiger partial charge in [0.2, 0.25) is 0 Å². The molecular formula is C18H11F3N2S2. The van der Waals surface area contributed by atoms with E-state index in [0.717, 1.165) is 22.6 Å². The fourth-order valence-electron chi connectivity index (χ4n) is 2.23. The highest BCUT2D eigenvalue weighted by molar-refractivity contribution is 7.98. The smallest absolute Gasteiger partial charge is 0.235 e. The van der Waals surface area contributed by atoms with Gasteiger partial charge in [-0.25, -0.2) is 4.98 Å². The molecule has 0 saturated carbocycles. The molecule has 3 rings (SSSR count). The summed E-state index contributed by atoms with van der Waals surface area (Å²) in [5.41, 5.74) is 0.664. The molecule has 0 bridgehead atoms. The van der Waals surface area contributed by atoms with Gasteiger partial charge in [-0.1, -0.05) is 12.1 Å². The average molecular weight is 376 g/mol. The Kier molecular flexibility index (Phi) is 4.84. The van der Waals surface area contributed by atoms with E-state index in [1.54, 1.807) is 17.8 Å². The van der Waals surface area contributed by atoms with Gasteiger partial charge in [0.25, 0.3) is 0 Å². The fourth-order valence-corrected chi connectivity index (χ4v) is 3.55. The van der Waals surface area contributed by atoms with Crippen molar-refractivity contribution in [3.05, 3.63) is 58.6 Å². The summed E-state index contributed by atoms with van der Waals surface area (Å²) in [4.78, 5) is 5.32. The van der Waals surface area contributed by atoms with Gasteiger partial charge >= 0.3 is 6.18 Å². The maximum absolute atomic E-state index is 12.8. The third kappa shape index (κ3) is 3.86. The summed E-state index contributed by atoms with van der Waals surface area (Å²) in [5.74, 6) is 0. The highest BCUT2D eigenvalue weighted by Gasteiger charge is 2.30. The summed E-state index contributed by atoms with van der Waals surface area (Å²) < 4.78 is 39.0. The maximum Gasteiger partial charge on any atom is 0.416 e. The summed E-state index contributed by atoms with van der Waals surface area (Å²) in [7, 11) is 0. The van der Waals surface area contributed by atoms with E-state index in [9.17, 15) is 18.4 Å². The molecule has 0 atom stereocenters. The minimum atomic E-state index is -4.41. The molecule has 0 fully saturated rings. The lowest BCUT2D eigenvalue weighted by Gasteiger charge is -2.04. The number of rotatable bonds is 3. The molecule has 2 nitrogen and oxygen atoms in total. The number of benzene rings is 2. The second-order valence-corrected chi connectivity index (χ2v) is 7.05. The maximum atomic E-state index is 12.8. The van der Waals surface area contributed by atoms with Crippen LogP contribution in [0.2, 0.25) is 0 Å². The van der Waals surface area contributed by atoms with Gasteiger partial charge in [0.05, 0.1) is 21.4 Å². The Morgan fingerprint density at radius 2 is 1.92 bits per heavy atom. The third-order valence-corrected chi connectivity index (χ3v) is 5.31. The number of allylic oxidation sites excluding steroid dienone is 1. The Morgan fingerprint density at radius 1 is 1.20 bits per heavy atom. The topological polar surface area (TPSA) is 36.7 Å². The molecular weight excluding hydrogens is 365 g/mol. The molecule has 0 amide bonds. The number of fused-ring (bicyclic) bond motifs is 1. The van der Waals surface area contributed by atoms with E-state index in [4.69, 9.17) is 0 Å². The molecule has 3 aromatic rings. The monoisotopic (exact) mass is 376 g/mol. The molecule has 126 valence electrons. The molecule has 0 N–H and O–H groups in total. The van der Waals surface area contributed by atoms with Crippen LogP contribution in [0.1, 0.15) is 16.1 Å². The Bertz CT molecular complexity index is 980. The van der Waals surface area contributed by atoms with Crippen LogP contribution in [-0.4, -0.2) is 11.2 Å². The zero-order valence-corrected chi connectivity index (χ0v) is 14.6. The summed E-state index contributed by atoms with van der Waals surface area (Å²) in [6.45, 7) is 0. The van der Waals surface area contributed by atoms with Gasteiger partial charge < -0.3 is 0 Å². The fraction of sp³-hybridized carbons (Fsp3) is 0.111. The highest BCUT2D eigenvalue weighted by atomic mass is 32.2. The highest BCUT2D eigenvalue weighted by Crippen LogP contribution is 2.34. The number of thiazole rings is 1. The van der Waals surface area contributed by atoms with E-state index in [2.05, 4.69) is 11.1 Å². The molecule has 1 heterocycles. The van der Waals surface area contributed by atoms with Crippen molar-refractivity contribution in [1.29, 1.82) is 5.26 Å². The second kappa shape index (κ2) is 6.90. The zero-order chi connectivity index (χ0) is 18.0. The number of thioether (sulfide) groups is 1. The number of halogens is 3. The van der Waals surface area contributed by atoms with Crippen LogP contribution in [0.3, 0.4) is 0 Å². The van der Waals surface area contributed by atoms with Gasteiger partial charge in [-0.2, -0.15) is 18.4 Å². The molecule has 25 heavy (non-hydrogen) atoms. The summed E-state index contributed by atoms with van der Waals surface area (Å²) >= 11 is 2.82. The Hall–Kier alpha value is -2.30. The van der Waals surface area contributed by atoms with E-state index >= 15 is 0 Å². The Morgan fingerprint density at radius 3 is 2.52 bits per heavy atom. The van der Waals surface area contributed by atoms with Crippen molar-refractivity contribution in [2.75, 3.05) is 6.26 Å². The predicted octanol–water partition coefficient (Wildman–Crippen LogP) is 6.10. The number of nitriles is 1. The predicted molar refractivity (Wildman–Crippen MR) is 96.3 cm³/mol. The SMILES string of the molecule is CSc1ccc(C=C(C#N)c2nc3cc(C(F)(F)F)ccc3s2)cc1. The quantitative estimate of drug-likeness (QED) is 0.409. The van der Waals surface area contributed by atoms with Crippen LogP contribution in [0.5, 0.6) is 0 Å². The molecule has 0 aliphatic rings. The first-order chi connectivity index (χ1) is 11.9. The van der Waals surface area contributed by atoms with E-state index in [0.29, 0.717) is 15.3 Å². The number of hydrogen-bond acceptors (Lipinski definition) is 4. The number of alkyl halides is 3. The molecule has 0 aliphatic carbocycles. The Labute approximate surface area is 150 Å². The normalized spacial score (nSPS) is 12.4. The van der Waals surface area contributed by atoms with E-state index in [1.165, 1.54) is 17.4 Å². The summed E-state index contributed by atoms with van der Waals surface area (Å²) in [5, 5.41) is 9.82. The molecule has 1 aromatic heterocycles. The van der Waals surface area contributed by atoms with Crippen molar-refractivity contribution < 1.29 is 13.2 Å². The number of aromatic nitrogens is 1. The zero-order valence-electron chi connectivity index (χ0n) is 13.0. The van der Waals surface area contributed by atoms with E-state index in [-0.39, 0.29) is 5.52 Å². The van der Waals surface area contributed by atoms with Crippen LogP contribution >= 0.6 is 23.1 Å². The lowest BCUT2D eigenvalue weighted by atomic mass is 10.1. The first-order valence-corrected chi connectivity index (χ1v) is 9.19. The summed E-state index contributed by atoms with van der Waals surface area (Å²) in [6.07, 6.45) is -0.751. The summed E-state index contributed by atoms with van der Waals surface area (Å²) in [6, 6.07) is 13.2. The lowest BCUT2D eigenvalue weighted by molar-refractivity contribution is -0.137. The number of hydrogen-bond donors (Lipinski definition) is 0. The second-order valence-electron chi connectivity index (χ2n) is 5.14. The van der Waals surface area contributed by atoms with Crippen molar-refractivity contribution >= 4 is 45.0 Å². The van der Waals surface area contributed by atoms with Gasteiger partial charge in [-0.3, -0.25) is 0 Å². The van der Waals surface area contributed by atoms with Crippen molar-refractivity contribution in [2.24, 2.45) is 0 Å². The van der Waals surface area contributed by atoms with Gasteiger partial charge in [-0.15, -0.1) is 23.1 Å². The van der Waals surface area contributed by atoms with Crippen LogP contribution in [0.4, 0.5) is 13.2 Å². The van der Waals surface area contributed by atoms with Crippen LogP contribution in [0.15, 0.2) is 47.4 Å². The minimum absolute atomic E-state index is 0.244. The van der Waals surface area contributed by atoms with Gasteiger partial charge in [0.15, 0.2) is 0 Å². The van der Waals surface area contributed by atoms with Gasteiger partial charge in [-0.05, 0) is 48.2 Å². The van der Waals surface area contributed by atoms with Gasteiger partial charge in [0, 0.05) is 4.90 Å². The molecule has 0 radical (unpaired) electrons. The largest absolute Gasteiger partial charge is 0.416 e. The average Bonchev–Trinajstić information content (AvgIpc) is 3.02. The number of nitrogens with zero attached hydrogens (tertiary/aromatic N) is 2. The molecule has 0 unspecified atom stereocenters. The lowest BCUT2D eigenvalue weighted by Crippen LogP contribution is -2.03. The van der Waals surface area contributed by atoms with Gasteiger partial charge in [0.1, 0.15) is 11.1 Å². The third-order valence-electron chi connectivity index (χ3n) is 3.49. The molecule has 0 spiro atoms. The molecule has 7 heteroatoms. The van der Waals surface area contributed by atoms with E-state index in [1.807, 2.05) is 30.5 Å². The van der Waals surface area contributed by atoms with Crippen molar-refractivity contribution in [3.63, 3.8) is 0 Å². The van der Waals surface area contributed by atoms with E-state index < -0.39 is 11.7 Å². The van der Waals surface area contributed by atoms with Crippen molar-refractivity contribution in [3.8, 4) is 6.07 Å². The minimum Gasteiger partial charge on any atom is -0.235 e.